The summed E-state index contributed by atoms with van der Waals surface area (Å²) in [5.74, 6) is 2.59. The van der Waals surface area contributed by atoms with E-state index in [1.54, 1.807) is 14.2 Å². The molecule has 1 saturated heterocycles. The van der Waals surface area contributed by atoms with E-state index in [0.717, 1.165) is 24.3 Å². The Bertz CT molecular complexity index is 712. The van der Waals surface area contributed by atoms with Crippen LogP contribution in [0.4, 0.5) is 0 Å². The third kappa shape index (κ3) is 10.2. The maximum Gasteiger partial charge on any atom is 0.147 e. The molecule has 2 aromatic carbocycles. The minimum atomic E-state index is -0.118. The van der Waals surface area contributed by atoms with Crippen LogP contribution in [0.1, 0.15) is 11.1 Å². The zero-order valence-electron chi connectivity index (χ0n) is 21.0. The SMILES string of the molecule is COCCOCO[C@H]1[C@@H](Cc2ccccc2)CSCC(Cc2ccccc2)[C@@H]1OCOCCOC. The molecule has 0 saturated carbocycles. The van der Waals surface area contributed by atoms with Crippen molar-refractivity contribution in [1.82, 2.24) is 0 Å². The molecule has 35 heavy (non-hydrogen) atoms. The first kappa shape index (κ1) is 28.1. The molecule has 1 fully saturated rings. The second-order valence-electron chi connectivity index (χ2n) is 8.74. The van der Waals surface area contributed by atoms with Gasteiger partial charge >= 0.3 is 0 Å². The van der Waals surface area contributed by atoms with E-state index in [0.29, 0.717) is 26.4 Å². The molecular formula is C28H40O6S. The molecule has 0 N–H and O–H groups in total. The minimum Gasteiger partial charge on any atom is -0.382 e. The van der Waals surface area contributed by atoms with Crippen LogP contribution in [0.25, 0.3) is 0 Å². The summed E-state index contributed by atoms with van der Waals surface area (Å²) in [6, 6.07) is 21.2. The molecule has 7 heteroatoms. The molecule has 4 atom stereocenters. The Labute approximate surface area is 214 Å². The zero-order valence-corrected chi connectivity index (χ0v) is 21.8. The molecule has 1 aliphatic rings. The number of rotatable bonds is 16. The van der Waals surface area contributed by atoms with E-state index in [1.165, 1.54) is 11.1 Å². The standard InChI is InChI=1S/C28H40O6S/c1-29-13-15-31-21-33-27-25(17-23-9-5-3-6-10-23)19-35-20-26(18-24-11-7-4-8-12-24)28(27)34-22-32-16-14-30-2/h3-12,25-28H,13-22H2,1-2H3/t25-,26?,27-,28-/m0/s1. The predicted octanol–water partition coefficient (Wildman–Crippen LogP) is 4.46. The van der Waals surface area contributed by atoms with E-state index in [4.69, 9.17) is 28.4 Å². The van der Waals surface area contributed by atoms with Gasteiger partial charge in [-0.2, -0.15) is 11.8 Å². The molecule has 2 aromatic rings. The van der Waals surface area contributed by atoms with Crippen molar-refractivity contribution in [1.29, 1.82) is 0 Å². The number of thioether (sulfide) groups is 1. The largest absolute Gasteiger partial charge is 0.382 e. The van der Waals surface area contributed by atoms with Crippen LogP contribution in [0.3, 0.4) is 0 Å². The van der Waals surface area contributed by atoms with Gasteiger partial charge in [0.05, 0.1) is 38.6 Å². The van der Waals surface area contributed by atoms with Gasteiger partial charge in [0.25, 0.3) is 0 Å². The lowest BCUT2D eigenvalue weighted by Gasteiger charge is -2.35. The first-order chi connectivity index (χ1) is 17.3. The van der Waals surface area contributed by atoms with E-state index in [9.17, 15) is 0 Å². The fraction of sp³-hybridized carbons (Fsp3) is 0.571. The van der Waals surface area contributed by atoms with Crippen molar-refractivity contribution >= 4 is 11.8 Å². The lowest BCUT2D eigenvalue weighted by atomic mass is 9.85. The second kappa shape index (κ2) is 17.1. The van der Waals surface area contributed by atoms with Crippen LogP contribution in [0, 0.1) is 11.8 Å². The molecule has 194 valence electrons. The first-order valence-electron chi connectivity index (χ1n) is 12.3. The topological polar surface area (TPSA) is 55.4 Å². The van der Waals surface area contributed by atoms with Gasteiger partial charge in [-0.15, -0.1) is 0 Å². The average molecular weight is 505 g/mol. The Morgan fingerprint density at radius 3 is 1.46 bits per heavy atom. The van der Waals surface area contributed by atoms with Crippen molar-refractivity contribution in [2.75, 3.05) is 65.7 Å². The summed E-state index contributed by atoms with van der Waals surface area (Å²) in [7, 11) is 3.34. The summed E-state index contributed by atoms with van der Waals surface area (Å²) in [6.07, 6.45) is 1.62. The summed E-state index contributed by atoms with van der Waals surface area (Å²) in [4.78, 5) is 0. The second-order valence-corrected chi connectivity index (χ2v) is 9.81. The van der Waals surface area contributed by atoms with Crippen LogP contribution in [-0.2, 0) is 41.3 Å². The van der Waals surface area contributed by atoms with E-state index in [-0.39, 0.29) is 37.6 Å². The van der Waals surface area contributed by atoms with Gasteiger partial charge in [-0.05, 0) is 35.5 Å². The van der Waals surface area contributed by atoms with E-state index in [2.05, 4.69) is 60.7 Å². The van der Waals surface area contributed by atoms with Gasteiger partial charge in [0.15, 0.2) is 0 Å². The van der Waals surface area contributed by atoms with Crippen molar-refractivity contribution in [3.05, 3.63) is 71.8 Å². The van der Waals surface area contributed by atoms with Crippen LogP contribution in [0.2, 0.25) is 0 Å². The minimum absolute atomic E-state index is 0.118. The Kier molecular flexibility index (Phi) is 13.7. The highest BCUT2D eigenvalue weighted by atomic mass is 32.2. The van der Waals surface area contributed by atoms with Crippen molar-refractivity contribution in [3.63, 3.8) is 0 Å². The van der Waals surface area contributed by atoms with Crippen molar-refractivity contribution in [2.24, 2.45) is 11.8 Å². The molecule has 1 aliphatic heterocycles. The number of hydrogen-bond acceptors (Lipinski definition) is 7. The number of ether oxygens (including phenoxy) is 6. The maximum atomic E-state index is 6.46. The summed E-state index contributed by atoms with van der Waals surface area (Å²) < 4.78 is 34.6. The fourth-order valence-electron chi connectivity index (χ4n) is 4.40. The average Bonchev–Trinajstić information content (AvgIpc) is 3.04. The fourth-order valence-corrected chi connectivity index (χ4v) is 5.76. The molecule has 0 bridgehead atoms. The molecule has 0 radical (unpaired) electrons. The van der Waals surface area contributed by atoms with Crippen LogP contribution in [0.5, 0.6) is 0 Å². The quantitative estimate of drug-likeness (QED) is 0.247. The van der Waals surface area contributed by atoms with Gasteiger partial charge in [0.1, 0.15) is 13.6 Å². The van der Waals surface area contributed by atoms with E-state index in [1.807, 2.05) is 11.8 Å². The number of methoxy groups -OCH3 is 2. The summed E-state index contributed by atoms with van der Waals surface area (Å²) in [5.41, 5.74) is 2.62. The Morgan fingerprint density at radius 2 is 1.06 bits per heavy atom. The summed E-state index contributed by atoms with van der Waals surface area (Å²) in [5, 5.41) is 0. The molecule has 0 amide bonds. The summed E-state index contributed by atoms with van der Waals surface area (Å²) in [6.45, 7) is 2.52. The van der Waals surface area contributed by atoms with Crippen molar-refractivity contribution in [2.45, 2.75) is 25.0 Å². The van der Waals surface area contributed by atoms with Crippen LogP contribution in [0.15, 0.2) is 60.7 Å². The third-order valence-corrected chi connectivity index (χ3v) is 7.48. The zero-order chi connectivity index (χ0) is 24.6. The van der Waals surface area contributed by atoms with Gasteiger partial charge in [-0.25, -0.2) is 0 Å². The third-order valence-electron chi connectivity index (χ3n) is 6.15. The van der Waals surface area contributed by atoms with Gasteiger partial charge in [0.2, 0.25) is 0 Å². The first-order valence-corrected chi connectivity index (χ1v) is 13.5. The highest BCUT2D eigenvalue weighted by Crippen LogP contribution is 2.34. The highest BCUT2D eigenvalue weighted by Gasteiger charge is 2.39. The van der Waals surface area contributed by atoms with E-state index >= 15 is 0 Å². The molecule has 1 unspecified atom stereocenters. The molecule has 0 aromatic heterocycles. The Morgan fingerprint density at radius 1 is 0.629 bits per heavy atom. The summed E-state index contributed by atoms with van der Waals surface area (Å²) >= 11 is 1.99. The van der Waals surface area contributed by atoms with Gasteiger partial charge in [0, 0.05) is 26.1 Å². The lowest BCUT2D eigenvalue weighted by Crippen LogP contribution is -2.44. The normalized spacial score (nSPS) is 22.7. The lowest BCUT2D eigenvalue weighted by molar-refractivity contribution is -0.193. The molecular weight excluding hydrogens is 464 g/mol. The predicted molar refractivity (Wildman–Crippen MR) is 140 cm³/mol. The van der Waals surface area contributed by atoms with E-state index < -0.39 is 0 Å². The molecule has 0 spiro atoms. The number of hydrogen-bond donors (Lipinski definition) is 0. The Balaban J connectivity index is 1.78. The van der Waals surface area contributed by atoms with Crippen LogP contribution >= 0.6 is 11.8 Å². The molecule has 3 rings (SSSR count). The molecule has 0 aliphatic carbocycles. The van der Waals surface area contributed by atoms with Crippen LogP contribution < -0.4 is 0 Å². The van der Waals surface area contributed by atoms with Gasteiger partial charge < -0.3 is 28.4 Å². The van der Waals surface area contributed by atoms with Crippen molar-refractivity contribution in [3.8, 4) is 0 Å². The van der Waals surface area contributed by atoms with Crippen LogP contribution in [-0.4, -0.2) is 77.9 Å². The Hall–Kier alpha value is -1.45. The van der Waals surface area contributed by atoms with Gasteiger partial charge in [-0.1, -0.05) is 60.7 Å². The van der Waals surface area contributed by atoms with Gasteiger partial charge in [-0.3, -0.25) is 0 Å². The monoisotopic (exact) mass is 504 g/mol. The smallest absolute Gasteiger partial charge is 0.147 e. The highest BCUT2D eigenvalue weighted by molar-refractivity contribution is 7.99. The maximum absolute atomic E-state index is 6.46. The van der Waals surface area contributed by atoms with Crippen molar-refractivity contribution < 1.29 is 28.4 Å². The number of benzene rings is 2. The molecule has 6 nitrogen and oxygen atoms in total. The molecule has 1 heterocycles.